The molecule has 0 aliphatic heterocycles. The van der Waals surface area contributed by atoms with Gasteiger partial charge < -0.3 is 16.0 Å². The highest BCUT2D eigenvalue weighted by Crippen LogP contribution is 2.27. The second-order valence-corrected chi connectivity index (χ2v) is 4.01. The summed E-state index contributed by atoms with van der Waals surface area (Å²) in [6.45, 7) is 0.647. The molecule has 0 atom stereocenters. The lowest BCUT2D eigenvalue weighted by Gasteiger charge is -2.10. The minimum Gasteiger partial charge on any atom is -0.398 e. The number of aromatic amines is 1. The average molecular weight is 239 g/mol. The summed E-state index contributed by atoms with van der Waals surface area (Å²) < 4.78 is 0. The number of pyridine rings is 1. The smallest absolute Gasteiger partial charge is 0.125 e. The van der Waals surface area contributed by atoms with Crippen molar-refractivity contribution in [3.05, 3.63) is 48.8 Å². The van der Waals surface area contributed by atoms with E-state index in [4.69, 9.17) is 5.73 Å². The first-order chi connectivity index (χ1) is 8.84. The minimum atomic E-state index is 0.647. The number of aromatic nitrogens is 3. The molecule has 0 radical (unpaired) electrons. The van der Waals surface area contributed by atoms with E-state index in [2.05, 4.69) is 20.3 Å². The van der Waals surface area contributed by atoms with Crippen LogP contribution in [0.15, 0.2) is 43.0 Å². The molecule has 4 N–H and O–H groups in total. The molecule has 0 fully saturated rings. The number of rotatable bonds is 3. The third kappa shape index (κ3) is 1.86. The Morgan fingerprint density at radius 3 is 2.94 bits per heavy atom. The van der Waals surface area contributed by atoms with Gasteiger partial charge in [-0.05, 0) is 18.2 Å². The topological polar surface area (TPSA) is 79.6 Å². The number of hydrogen-bond acceptors (Lipinski definition) is 4. The quantitative estimate of drug-likeness (QED) is 0.612. The summed E-state index contributed by atoms with van der Waals surface area (Å²) in [5.41, 5.74) is 7.69. The highest BCUT2D eigenvalue weighted by Gasteiger charge is 2.04. The van der Waals surface area contributed by atoms with Crippen molar-refractivity contribution in [2.45, 2.75) is 6.54 Å². The highest BCUT2D eigenvalue weighted by molar-refractivity contribution is 6.00. The minimum absolute atomic E-state index is 0.647. The summed E-state index contributed by atoms with van der Waals surface area (Å²) in [5.74, 6) is 0.897. The summed E-state index contributed by atoms with van der Waals surface area (Å²) in [6.07, 6.45) is 7.09. The van der Waals surface area contributed by atoms with Crippen LogP contribution in [-0.2, 0) is 6.54 Å². The molecular weight excluding hydrogens is 226 g/mol. The van der Waals surface area contributed by atoms with Crippen molar-refractivity contribution in [1.82, 2.24) is 15.0 Å². The first-order valence-corrected chi connectivity index (χ1v) is 5.69. The zero-order chi connectivity index (χ0) is 12.4. The Balaban J connectivity index is 1.94. The largest absolute Gasteiger partial charge is 0.398 e. The van der Waals surface area contributed by atoms with Crippen LogP contribution in [0.25, 0.3) is 10.8 Å². The fourth-order valence-corrected chi connectivity index (χ4v) is 1.94. The SMILES string of the molecule is Nc1ccc(NCc2ncc[nH]2)c2ccncc12. The van der Waals surface area contributed by atoms with Gasteiger partial charge in [-0.1, -0.05) is 0 Å². The Hall–Kier alpha value is -2.56. The van der Waals surface area contributed by atoms with E-state index in [1.165, 1.54) is 0 Å². The summed E-state index contributed by atoms with van der Waals surface area (Å²) in [6, 6.07) is 5.81. The molecule has 2 aromatic heterocycles. The lowest BCUT2D eigenvalue weighted by Crippen LogP contribution is -2.02. The summed E-state index contributed by atoms with van der Waals surface area (Å²) in [7, 11) is 0. The highest BCUT2D eigenvalue weighted by atomic mass is 15.0. The van der Waals surface area contributed by atoms with E-state index in [9.17, 15) is 0 Å². The van der Waals surface area contributed by atoms with Crippen LogP contribution in [0, 0.1) is 0 Å². The molecule has 0 bridgehead atoms. The zero-order valence-electron chi connectivity index (χ0n) is 9.72. The first kappa shape index (κ1) is 10.6. The van der Waals surface area contributed by atoms with Gasteiger partial charge in [0.15, 0.2) is 0 Å². The van der Waals surface area contributed by atoms with Gasteiger partial charge in [0.25, 0.3) is 0 Å². The Kier molecular flexibility index (Phi) is 2.57. The fraction of sp³-hybridized carbons (Fsp3) is 0.0769. The second-order valence-electron chi connectivity index (χ2n) is 4.01. The van der Waals surface area contributed by atoms with Crippen LogP contribution in [0.3, 0.4) is 0 Å². The van der Waals surface area contributed by atoms with Gasteiger partial charge in [-0.2, -0.15) is 0 Å². The Morgan fingerprint density at radius 1 is 1.17 bits per heavy atom. The Morgan fingerprint density at radius 2 is 2.11 bits per heavy atom. The molecule has 5 heteroatoms. The second kappa shape index (κ2) is 4.37. The molecule has 0 saturated carbocycles. The van der Waals surface area contributed by atoms with Crippen molar-refractivity contribution in [3.63, 3.8) is 0 Å². The molecule has 0 spiro atoms. The molecule has 5 nitrogen and oxygen atoms in total. The third-order valence-corrected chi connectivity index (χ3v) is 2.85. The van der Waals surface area contributed by atoms with Crippen molar-refractivity contribution in [2.75, 3.05) is 11.1 Å². The summed E-state index contributed by atoms with van der Waals surface area (Å²) in [5, 5.41) is 5.37. The predicted octanol–water partition coefficient (Wildman–Crippen LogP) is 2.15. The number of nitrogens with one attached hydrogen (secondary N) is 2. The molecule has 1 aromatic carbocycles. The van der Waals surface area contributed by atoms with Crippen LogP contribution in [-0.4, -0.2) is 15.0 Å². The van der Waals surface area contributed by atoms with Crippen LogP contribution >= 0.6 is 0 Å². The van der Waals surface area contributed by atoms with E-state index < -0.39 is 0 Å². The van der Waals surface area contributed by atoms with Crippen molar-refractivity contribution in [3.8, 4) is 0 Å². The van der Waals surface area contributed by atoms with E-state index in [1.807, 2.05) is 24.4 Å². The number of anilines is 2. The van der Waals surface area contributed by atoms with E-state index >= 15 is 0 Å². The van der Waals surface area contributed by atoms with Crippen LogP contribution in [0.2, 0.25) is 0 Å². The van der Waals surface area contributed by atoms with Gasteiger partial charge in [0.1, 0.15) is 5.82 Å². The molecule has 90 valence electrons. The molecule has 0 unspecified atom stereocenters. The van der Waals surface area contributed by atoms with Crippen LogP contribution in [0.1, 0.15) is 5.82 Å². The third-order valence-electron chi connectivity index (χ3n) is 2.85. The zero-order valence-corrected chi connectivity index (χ0v) is 9.72. The number of benzene rings is 1. The number of fused-ring (bicyclic) bond motifs is 1. The predicted molar refractivity (Wildman–Crippen MR) is 72.1 cm³/mol. The maximum atomic E-state index is 5.93. The van der Waals surface area contributed by atoms with Gasteiger partial charge in [-0.3, -0.25) is 4.98 Å². The van der Waals surface area contributed by atoms with Crippen molar-refractivity contribution >= 4 is 22.1 Å². The number of nitrogen functional groups attached to an aromatic ring is 1. The molecule has 3 rings (SSSR count). The van der Waals surface area contributed by atoms with E-state index in [-0.39, 0.29) is 0 Å². The molecule has 0 saturated heterocycles. The number of nitrogens with two attached hydrogens (primary N) is 1. The summed E-state index contributed by atoms with van der Waals surface area (Å²) in [4.78, 5) is 11.3. The molecule has 2 heterocycles. The lowest BCUT2D eigenvalue weighted by molar-refractivity contribution is 1.00. The number of hydrogen-bond donors (Lipinski definition) is 3. The maximum absolute atomic E-state index is 5.93. The average Bonchev–Trinajstić information content (AvgIpc) is 2.92. The fourth-order valence-electron chi connectivity index (χ4n) is 1.94. The summed E-state index contributed by atoms with van der Waals surface area (Å²) >= 11 is 0. The van der Waals surface area contributed by atoms with Gasteiger partial charge in [-0.15, -0.1) is 0 Å². The van der Waals surface area contributed by atoms with Crippen molar-refractivity contribution in [2.24, 2.45) is 0 Å². The van der Waals surface area contributed by atoms with Crippen LogP contribution in [0.5, 0.6) is 0 Å². The van der Waals surface area contributed by atoms with E-state index in [0.29, 0.717) is 6.54 Å². The van der Waals surface area contributed by atoms with Gasteiger partial charge in [0.2, 0.25) is 0 Å². The van der Waals surface area contributed by atoms with E-state index in [1.54, 1.807) is 18.6 Å². The molecule has 3 aromatic rings. The number of imidazole rings is 1. The Labute approximate surface area is 104 Å². The van der Waals surface area contributed by atoms with Gasteiger partial charge in [0.05, 0.1) is 6.54 Å². The molecule has 0 amide bonds. The van der Waals surface area contributed by atoms with E-state index in [0.717, 1.165) is 28.0 Å². The standard InChI is InChI=1S/C13H13N5/c14-11-1-2-12(9-3-4-15-7-10(9)11)18-8-13-16-5-6-17-13/h1-7,18H,8,14H2,(H,16,17). The Bertz CT molecular complexity index is 660. The van der Waals surface area contributed by atoms with Gasteiger partial charge in [-0.25, -0.2) is 4.98 Å². The van der Waals surface area contributed by atoms with Crippen LogP contribution in [0.4, 0.5) is 11.4 Å². The molecule has 0 aliphatic rings. The van der Waals surface area contributed by atoms with Crippen molar-refractivity contribution < 1.29 is 0 Å². The lowest BCUT2D eigenvalue weighted by atomic mass is 10.1. The first-order valence-electron chi connectivity index (χ1n) is 5.69. The maximum Gasteiger partial charge on any atom is 0.125 e. The monoisotopic (exact) mass is 239 g/mol. The molecule has 18 heavy (non-hydrogen) atoms. The normalized spacial score (nSPS) is 10.7. The van der Waals surface area contributed by atoms with Crippen LogP contribution < -0.4 is 11.1 Å². The molecule has 0 aliphatic carbocycles. The number of nitrogens with zero attached hydrogens (tertiary/aromatic N) is 2. The van der Waals surface area contributed by atoms with Gasteiger partial charge >= 0.3 is 0 Å². The molecular formula is C13H13N5. The van der Waals surface area contributed by atoms with Gasteiger partial charge in [0, 0.05) is 46.9 Å². The number of H-pyrrole nitrogens is 1. The van der Waals surface area contributed by atoms with Crippen molar-refractivity contribution in [1.29, 1.82) is 0 Å².